The molecule has 0 spiro atoms. The van der Waals surface area contributed by atoms with E-state index in [0.29, 0.717) is 23.2 Å². The third-order valence-corrected chi connectivity index (χ3v) is 0.901. The van der Waals surface area contributed by atoms with Crippen LogP contribution in [-0.2, 0) is 0 Å². The smallest absolute Gasteiger partial charge is 0.0311 e. The van der Waals surface area contributed by atoms with E-state index in [2.05, 4.69) is 18.5 Å². The van der Waals surface area contributed by atoms with Gasteiger partial charge in [-0.2, -0.15) is 0 Å². The van der Waals surface area contributed by atoms with E-state index in [1.165, 1.54) is 0 Å². The molecule has 0 heterocycles. The van der Waals surface area contributed by atoms with Crippen LogP contribution in [0.4, 0.5) is 0 Å². The Morgan fingerprint density at radius 3 is 1.67 bits per heavy atom. The van der Waals surface area contributed by atoms with Gasteiger partial charge < -0.3 is 5.32 Å². The second-order valence-corrected chi connectivity index (χ2v) is 2.71. The zero-order valence-electron chi connectivity index (χ0n) is 5.08. The summed E-state index contributed by atoms with van der Waals surface area (Å²) >= 11 is 10.9. The van der Waals surface area contributed by atoms with Crippen molar-refractivity contribution in [3.63, 3.8) is 0 Å². The van der Waals surface area contributed by atoms with E-state index in [4.69, 9.17) is 23.2 Å². The summed E-state index contributed by atoms with van der Waals surface area (Å²) in [6.45, 7) is 8.12. The molecule has 0 aromatic heterocycles. The quantitative estimate of drug-likeness (QED) is 0.674. The van der Waals surface area contributed by atoms with Crippen LogP contribution in [0.3, 0.4) is 0 Å². The lowest BCUT2D eigenvalue weighted by Crippen LogP contribution is -2.16. The van der Waals surface area contributed by atoms with Gasteiger partial charge in [-0.15, -0.1) is 0 Å². The van der Waals surface area contributed by atoms with E-state index in [1.54, 1.807) is 0 Å². The Morgan fingerprint density at radius 1 is 1.11 bits per heavy atom. The molecular formula is C6H9Cl2N. The second-order valence-electron chi connectivity index (χ2n) is 1.64. The number of halogens is 2. The van der Waals surface area contributed by atoms with Crippen LogP contribution in [0, 0.1) is 0 Å². The Hall–Kier alpha value is 0.0200. The van der Waals surface area contributed by atoms with Gasteiger partial charge in [-0.3, -0.25) is 0 Å². The maximum Gasteiger partial charge on any atom is 0.0311 e. The van der Waals surface area contributed by atoms with Crippen LogP contribution in [0.25, 0.3) is 0 Å². The highest BCUT2D eigenvalue weighted by Crippen LogP contribution is 1.95. The number of nitrogens with one attached hydrogen (secondary N) is 1. The fourth-order valence-electron chi connectivity index (χ4n) is 0.334. The third-order valence-electron chi connectivity index (χ3n) is 0.634. The summed E-state index contributed by atoms with van der Waals surface area (Å²) in [7, 11) is 0. The standard InChI is InChI=1S/C6H9Cl2N/c1-5(7)3-9-4-6(2)8/h9H,1-4H2. The minimum absolute atomic E-state index is 0.577. The van der Waals surface area contributed by atoms with Crippen LogP contribution in [0.5, 0.6) is 0 Å². The third kappa shape index (κ3) is 8.02. The predicted molar refractivity (Wildman–Crippen MR) is 42.9 cm³/mol. The Balaban J connectivity index is 3.10. The summed E-state index contributed by atoms with van der Waals surface area (Å²) in [6.07, 6.45) is 0. The molecule has 0 amide bonds. The van der Waals surface area contributed by atoms with E-state index >= 15 is 0 Å². The van der Waals surface area contributed by atoms with Crippen LogP contribution >= 0.6 is 23.2 Å². The van der Waals surface area contributed by atoms with Gasteiger partial charge in [0, 0.05) is 23.2 Å². The van der Waals surface area contributed by atoms with E-state index < -0.39 is 0 Å². The van der Waals surface area contributed by atoms with E-state index in [9.17, 15) is 0 Å². The first kappa shape index (κ1) is 9.02. The molecule has 0 unspecified atom stereocenters. The van der Waals surface area contributed by atoms with Gasteiger partial charge in [0.25, 0.3) is 0 Å². The van der Waals surface area contributed by atoms with E-state index in [1.807, 2.05) is 0 Å². The van der Waals surface area contributed by atoms with Crippen molar-refractivity contribution in [2.75, 3.05) is 13.1 Å². The summed E-state index contributed by atoms with van der Waals surface area (Å²) in [4.78, 5) is 0. The van der Waals surface area contributed by atoms with Crippen molar-refractivity contribution < 1.29 is 0 Å². The van der Waals surface area contributed by atoms with Crippen LogP contribution in [0.2, 0.25) is 0 Å². The molecule has 0 aliphatic heterocycles. The topological polar surface area (TPSA) is 12.0 Å². The number of hydrogen-bond acceptors (Lipinski definition) is 1. The minimum atomic E-state index is 0.577. The molecule has 52 valence electrons. The van der Waals surface area contributed by atoms with Gasteiger partial charge in [0.05, 0.1) is 0 Å². The van der Waals surface area contributed by atoms with Gasteiger partial charge in [-0.1, -0.05) is 36.4 Å². The molecule has 3 heteroatoms. The van der Waals surface area contributed by atoms with Gasteiger partial charge in [-0.05, 0) is 0 Å². The Kier molecular flexibility index (Phi) is 4.87. The van der Waals surface area contributed by atoms with E-state index in [-0.39, 0.29) is 0 Å². The Morgan fingerprint density at radius 2 is 1.44 bits per heavy atom. The van der Waals surface area contributed by atoms with E-state index in [0.717, 1.165) is 0 Å². The molecule has 0 rings (SSSR count). The largest absolute Gasteiger partial charge is 0.307 e. The molecule has 0 saturated carbocycles. The molecule has 0 fully saturated rings. The first-order valence-electron chi connectivity index (χ1n) is 2.50. The number of rotatable bonds is 4. The highest BCUT2D eigenvalue weighted by atomic mass is 35.5. The Bertz CT molecular complexity index is 106. The van der Waals surface area contributed by atoms with Crippen molar-refractivity contribution in [2.45, 2.75) is 0 Å². The molecule has 0 atom stereocenters. The zero-order chi connectivity index (χ0) is 7.28. The molecule has 9 heavy (non-hydrogen) atoms. The monoisotopic (exact) mass is 165 g/mol. The summed E-state index contributed by atoms with van der Waals surface area (Å²) in [5.74, 6) is 0. The molecule has 1 nitrogen and oxygen atoms in total. The maximum atomic E-state index is 5.43. The highest BCUT2D eigenvalue weighted by Gasteiger charge is 1.88. The molecule has 0 radical (unpaired) electrons. The van der Waals surface area contributed by atoms with Crippen molar-refractivity contribution in [1.82, 2.24) is 5.32 Å². The SMILES string of the molecule is C=C(Cl)CNCC(=C)Cl. The fraction of sp³-hybridized carbons (Fsp3) is 0.333. The van der Waals surface area contributed by atoms with Crippen LogP contribution in [0.1, 0.15) is 0 Å². The van der Waals surface area contributed by atoms with Crippen molar-refractivity contribution >= 4 is 23.2 Å². The average Bonchev–Trinajstić information content (AvgIpc) is 1.63. The van der Waals surface area contributed by atoms with Crippen LogP contribution in [0.15, 0.2) is 23.2 Å². The molecular weight excluding hydrogens is 157 g/mol. The average molecular weight is 166 g/mol. The van der Waals surface area contributed by atoms with Gasteiger partial charge in [0.1, 0.15) is 0 Å². The molecule has 0 saturated heterocycles. The molecule has 0 bridgehead atoms. The lowest BCUT2D eigenvalue weighted by Gasteiger charge is -1.98. The molecule has 0 aromatic rings. The van der Waals surface area contributed by atoms with Gasteiger partial charge in [0.2, 0.25) is 0 Å². The maximum absolute atomic E-state index is 5.43. The lowest BCUT2D eigenvalue weighted by atomic mass is 10.5. The van der Waals surface area contributed by atoms with Gasteiger partial charge in [-0.25, -0.2) is 0 Å². The minimum Gasteiger partial charge on any atom is -0.307 e. The normalized spacial score (nSPS) is 9.11. The summed E-state index contributed by atoms with van der Waals surface area (Å²) in [6, 6.07) is 0. The van der Waals surface area contributed by atoms with Crippen LogP contribution < -0.4 is 5.32 Å². The van der Waals surface area contributed by atoms with Crippen molar-refractivity contribution in [3.05, 3.63) is 23.2 Å². The predicted octanol–water partition coefficient (Wildman–Crippen LogP) is 2.08. The fourth-order valence-corrected chi connectivity index (χ4v) is 0.523. The van der Waals surface area contributed by atoms with Crippen molar-refractivity contribution in [3.8, 4) is 0 Å². The highest BCUT2D eigenvalue weighted by molar-refractivity contribution is 6.30. The lowest BCUT2D eigenvalue weighted by molar-refractivity contribution is 0.830. The van der Waals surface area contributed by atoms with Crippen LogP contribution in [-0.4, -0.2) is 13.1 Å². The first-order chi connectivity index (χ1) is 4.13. The van der Waals surface area contributed by atoms with Gasteiger partial charge in [0.15, 0.2) is 0 Å². The molecule has 0 aliphatic rings. The molecule has 1 N–H and O–H groups in total. The molecule has 0 aliphatic carbocycles. The number of hydrogen-bond donors (Lipinski definition) is 1. The zero-order valence-corrected chi connectivity index (χ0v) is 6.60. The summed E-state index contributed by atoms with van der Waals surface area (Å²) < 4.78 is 0. The van der Waals surface area contributed by atoms with Crippen molar-refractivity contribution in [2.24, 2.45) is 0 Å². The summed E-state index contributed by atoms with van der Waals surface area (Å²) in [5.41, 5.74) is 0. The second kappa shape index (κ2) is 4.86. The Labute approximate surface area is 65.3 Å². The van der Waals surface area contributed by atoms with Crippen molar-refractivity contribution in [1.29, 1.82) is 0 Å². The summed E-state index contributed by atoms with van der Waals surface area (Å²) in [5, 5.41) is 4.07. The molecule has 0 aromatic carbocycles. The first-order valence-corrected chi connectivity index (χ1v) is 3.26. The van der Waals surface area contributed by atoms with Gasteiger partial charge >= 0.3 is 0 Å².